The monoisotopic (exact) mass is 1490 g/mol. The number of pyridine rings is 1. The third kappa shape index (κ3) is 20.3. The van der Waals surface area contributed by atoms with Crippen LogP contribution < -0.4 is 20.7 Å². The van der Waals surface area contributed by atoms with E-state index in [2.05, 4.69) is 61.8 Å². The number of halogens is 1. The van der Waals surface area contributed by atoms with Crippen LogP contribution in [0.3, 0.4) is 0 Å². The summed E-state index contributed by atoms with van der Waals surface area (Å²) in [5.74, 6) is -5.29. The van der Waals surface area contributed by atoms with Gasteiger partial charge < -0.3 is 25.8 Å². The van der Waals surface area contributed by atoms with Crippen LogP contribution in [-0.4, -0.2) is 132 Å². The summed E-state index contributed by atoms with van der Waals surface area (Å²) in [5.41, 5.74) is -2.98. The standard InChI is InChI=1S/C54H52ClN15O20S7/c1-27-9-10-48(96(84,85)86)51-52(27)70-53(61-51)33(26-57)28(2)50(54(70)74)69-66-42-18-36(58-29(3)71)39(21-45(42)90-11-6-14-93(75,76)77)63-67-43-20-38(60-31(5)73)41(23-47(43)92-13-8-16-95(81,82)83)65-68-44-19-37(59-30(4)72)40(22-46(44)91-12-7-15-94(78,79)80)64-62-35-24-49(97(87,88)89)34(55)17-32(35)25-56/h9-10,17-24,74H,6-8,11-16H2,1-5H3,(H,58,71)(H,59,72)(H,60,73)(H,75,76,77)(H,78,79,80)(H,81,82,83)(H,84,85,86)(H,87,88,89). The van der Waals surface area contributed by atoms with E-state index in [0.29, 0.717) is 5.56 Å². The number of hydrogen-bond donors (Lipinski definition) is 9. The Hall–Kier alpha value is -9.02. The highest BCUT2D eigenvalue weighted by molar-refractivity contribution is 7.99. The first-order chi connectivity index (χ1) is 45.2. The number of carbonyl (C=O) groups excluding carboxylic acids is 3. The fourth-order valence-corrected chi connectivity index (χ4v) is 14.1. The summed E-state index contributed by atoms with van der Waals surface area (Å²) in [6, 6.07) is 15.2. The van der Waals surface area contributed by atoms with Gasteiger partial charge in [0.2, 0.25) is 23.6 Å². The molecule has 97 heavy (non-hydrogen) atoms. The SMILES string of the molecule is CC(=O)Nc1cc(N=Nc2cc(SCCCS(=O)(=O)O)c(N=Nc3cc(OCCCS(=O)(=O)O)c(N=Nc4c(C)c(C#N)c5nc6c(S(=O)(=O)O)ccc(C)c6n5c4O)cc3NC(C)=O)cc2NC(C)=O)c(SCCCS(=O)(=O)O)cc1N=Nc1cc(S(=O)(=O)O)c(Cl)cc1C#N. The number of thioether (sulfide) groups is 2. The Labute approximate surface area is 565 Å². The van der Waals surface area contributed by atoms with Crippen LogP contribution in [0.2, 0.25) is 5.02 Å². The molecular weight excluding hydrogens is 1440 g/mol. The zero-order chi connectivity index (χ0) is 71.7. The number of imidazole rings is 1. The van der Waals surface area contributed by atoms with Crippen LogP contribution in [0.4, 0.5) is 62.6 Å². The van der Waals surface area contributed by atoms with Crippen molar-refractivity contribution in [2.75, 3.05) is 51.3 Å². The molecule has 0 fully saturated rings. The summed E-state index contributed by atoms with van der Waals surface area (Å²) < 4.78 is 175. The Kier molecular flexibility index (Phi) is 24.1. The zero-order valence-electron chi connectivity index (χ0n) is 50.6. The van der Waals surface area contributed by atoms with Gasteiger partial charge in [-0.3, -0.25) is 41.5 Å². The van der Waals surface area contributed by atoms with E-state index in [9.17, 15) is 94.9 Å². The van der Waals surface area contributed by atoms with Gasteiger partial charge in [-0.25, -0.2) is 4.98 Å². The maximum absolute atomic E-state index is 12.9. The highest BCUT2D eigenvalue weighted by Gasteiger charge is 2.27. The Morgan fingerprint density at radius 2 is 1.02 bits per heavy atom. The molecule has 2 heterocycles. The molecule has 35 nitrogen and oxygen atoms in total. The fraction of sp³-hybridized carbons (Fsp3) is 0.259. The van der Waals surface area contributed by atoms with Crippen molar-refractivity contribution in [3.8, 4) is 23.8 Å². The Morgan fingerprint density at radius 1 is 0.577 bits per heavy atom. The average molecular weight is 1490 g/mol. The molecule has 5 aromatic carbocycles. The molecule has 7 rings (SSSR count). The molecule has 3 amide bonds. The number of hydrogen-bond acceptors (Lipinski definition) is 28. The van der Waals surface area contributed by atoms with Crippen molar-refractivity contribution < 1.29 is 89.1 Å². The molecular formula is C54H52ClN15O20S7. The lowest BCUT2D eigenvalue weighted by Gasteiger charge is -2.14. The molecule has 2 aromatic heterocycles. The van der Waals surface area contributed by atoms with Crippen LogP contribution in [0.5, 0.6) is 11.6 Å². The molecule has 0 spiro atoms. The van der Waals surface area contributed by atoms with Gasteiger partial charge in [0.05, 0.1) is 57.0 Å². The number of aryl methyl sites for hydroxylation is 1. The predicted molar refractivity (Wildman–Crippen MR) is 353 cm³/mol. The molecule has 43 heteroatoms. The van der Waals surface area contributed by atoms with Gasteiger partial charge in [-0.2, -0.15) is 52.6 Å². The van der Waals surface area contributed by atoms with Crippen LogP contribution in [0.1, 0.15) is 62.3 Å². The van der Waals surface area contributed by atoms with Crippen molar-refractivity contribution >= 4 is 183 Å². The molecule has 0 radical (unpaired) electrons. The van der Waals surface area contributed by atoms with Crippen LogP contribution in [0.25, 0.3) is 16.7 Å². The minimum atomic E-state index is -4.95. The molecule has 0 aliphatic rings. The first-order valence-electron chi connectivity index (χ1n) is 27.3. The molecule has 512 valence electrons. The smallest absolute Gasteiger partial charge is 0.296 e. The van der Waals surface area contributed by atoms with Crippen molar-refractivity contribution in [3.63, 3.8) is 0 Å². The predicted octanol–water partition coefficient (Wildman–Crippen LogP) is 11.6. The summed E-state index contributed by atoms with van der Waals surface area (Å²) in [6.07, 6.45) is -0.619. The molecule has 0 saturated heterocycles. The number of anilines is 3. The summed E-state index contributed by atoms with van der Waals surface area (Å²) in [4.78, 5) is 41.5. The lowest BCUT2D eigenvalue weighted by atomic mass is 10.1. The quantitative estimate of drug-likeness (QED) is 0.00952. The van der Waals surface area contributed by atoms with E-state index in [-0.39, 0.29) is 137 Å². The normalized spacial score (nSPS) is 12.5. The maximum Gasteiger partial charge on any atom is 0.296 e. The number of benzene rings is 5. The third-order valence-electron chi connectivity index (χ3n) is 12.8. The van der Waals surface area contributed by atoms with Crippen molar-refractivity contribution in [1.29, 1.82) is 10.5 Å². The largest absolute Gasteiger partial charge is 0.493 e. The van der Waals surface area contributed by atoms with Crippen molar-refractivity contribution in [3.05, 3.63) is 87.9 Å². The van der Waals surface area contributed by atoms with Crippen LogP contribution >= 0.6 is 35.1 Å². The average Bonchev–Trinajstić information content (AvgIpc) is 1.59. The number of nitriles is 2. The molecule has 7 aromatic rings. The summed E-state index contributed by atoms with van der Waals surface area (Å²) in [7, 11) is -23.3. The number of carbonyl (C=O) groups is 3. The molecule has 0 saturated carbocycles. The maximum atomic E-state index is 12.9. The van der Waals surface area contributed by atoms with Gasteiger partial charge in [0, 0.05) is 42.2 Å². The summed E-state index contributed by atoms with van der Waals surface area (Å²) in [6.45, 7) is 5.83. The Balaban J connectivity index is 1.40. The van der Waals surface area contributed by atoms with Gasteiger partial charge in [0.25, 0.3) is 50.6 Å². The van der Waals surface area contributed by atoms with E-state index in [4.69, 9.17) is 16.3 Å². The lowest BCUT2D eigenvalue weighted by molar-refractivity contribution is -0.115. The third-order valence-corrected chi connectivity index (χ3v) is 19.7. The van der Waals surface area contributed by atoms with E-state index in [1.54, 1.807) is 6.07 Å². The second-order valence-corrected chi connectivity index (χ2v) is 30.5. The first kappa shape index (κ1) is 75.4. The van der Waals surface area contributed by atoms with E-state index in [1.807, 2.05) is 6.07 Å². The lowest BCUT2D eigenvalue weighted by Crippen LogP contribution is -2.09. The number of fused-ring (bicyclic) bond motifs is 3. The number of amides is 3. The minimum Gasteiger partial charge on any atom is -0.493 e. The van der Waals surface area contributed by atoms with Gasteiger partial charge in [-0.1, -0.05) is 17.7 Å². The van der Waals surface area contributed by atoms with Crippen LogP contribution in [0, 0.1) is 36.5 Å². The number of aromatic hydroxyl groups is 1. The van der Waals surface area contributed by atoms with E-state index >= 15 is 0 Å². The number of aromatic nitrogens is 2. The van der Waals surface area contributed by atoms with Crippen molar-refractivity contribution in [2.45, 2.75) is 73.5 Å². The van der Waals surface area contributed by atoms with Gasteiger partial charge in [0.1, 0.15) is 78.6 Å². The molecule has 0 aliphatic heterocycles. The summed E-state index contributed by atoms with van der Waals surface area (Å²) >= 11 is 7.88. The molecule has 9 N–H and O–H groups in total. The highest BCUT2D eigenvalue weighted by Crippen LogP contribution is 2.47. The number of nitrogens with zero attached hydrogens (tertiary/aromatic N) is 12. The van der Waals surface area contributed by atoms with Crippen molar-refractivity contribution in [1.82, 2.24) is 9.38 Å². The first-order valence-corrected chi connectivity index (χ1v) is 37.3. The second kappa shape index (κ2) is 31.0. The van der Waals surface area contributed by atoms with E-state index in [1.165, 1.54) is 50.2 Å². The van der Waals surface area contributed by atoms with Gasteiger partial charge in [0.15, 0.2) is 11.3 Å². The summed E-state index contributed by atoms with van der Waals surface area (Å²) in [5, 5.41) is 73.5. The molecule has 0 unspecified atom stereocenters. The topological polar surface area (TPSA) is 552 Å². The zero-order valence-corrected chi connectivity index (χ0v) is 57.1. The minimum absolute atomic E-state index is 0.0320. The Morgan fingerprint density at radius 3 is 1.47 bits per heavy atom. The number of ether oxygens (including phenoxy) is 1. The molecule has 0 bridgehead atoms. The second-order valence-electron chi connectivity index (χ2n) is 20.3. The van der Waals surface area contributed by atoms with Crippen molar-refractivity contribution in [2.24, 2.45) is 40.9 Å². The van der Waals surface area contributed by atoms with E-state index in [0.717, 1.165) is 73.0 Å². The highest BCUT2D eigenvalue weighted by atomic mass is 35.5. The van der Waals surface area contributed by atoms with Crippen LogP contribution in [0.15, 0.2) is 121 Å². The van der Waals surface area contributed by atoms with Gasteiger partial charge in [-0.15, -0.1) is 64.4 Å². The van der Waals surface area contributed by atoms with E-state index < -0.39 is 119 Å². The van der Waals surface area contributed by atoms with Gasteiger partial charge in [-0.05, 0) is 98.7 Å². The van der Waals surface area contributed by atoms with Gasteiger partial charge >= 0.3 is 0 Å². The molecule has 0 atom stereocenters. The number of nitrogens with one attached hydrogen (secondary N) is 3. The fourth-order valence-electron chi connectivity index (χ4n) is 8.69. The Bertz CT molecular complexity index is 5210. The molecule has 0 aliphatic carbocycles. The number of azo groups is 4. The van der Waals surface area contributed by atoms with Crippen LogP contribution in [-0.2, 0) is 65.0 Å². The number of rotatable bonds is 28.